The summed E-state index contributed by atoms with van der Waals surface area (Å²) in [6.45, 7) is 12.7. The molecule has 2 heteroatoms. The van der Waals surface area contributed by atoms with Crippen molar-refractivity contribution in [2.24, 2.45) is 5.92 Å². The summed E-state index contributed by atoms with van der Waals surface area (Å²) in [7, 11) is 2.02. The Labute approximate surface area is 83.7 Å². The van der Waals surface area contributed by atoms with E-state index in [1.54, 1.807) is 0 Å². The summed E-state index contributed by atoms with van der Waals surface area (Å²) in [4.78, 5) is 2.56. The fourth-order valence-electron chi connectivity index (χ4n) is 1.66. The molecule has 1 unspecified atom stereocenters. The Bertz CT molecular complexity index is 113. The molecule has 0 aromatic heterocycles. The van der Waals surface area contributed by atoms with Gasteiger partial charge in [-0.05, 0) is 46.3 Å². The van der Waals surface area contributed by atoms with Crippen molar-refractivity contribution in [3.63, 3.8) is 0 Å². The van der Waals surface area contributed by atoms with Gasteiger partial charge in [-0.25, -0.2) is 0 Å². The van der Waals surface area contributed by atoms with Crippen LogP contribution in [0, 0.1) is 5.92 Å². The number of nitrogens with one attached hydrogen (secondary N) is 1. The lowest BCUT2D eigenvalue weighted by Crippen LogP contribution is -2.37. The first kappa shape index (κ1) is 12.9. The van der Waals surface area contributed by atoms with Crippen molar-refractivity contribution in [2.75, 3.05) is 26.7 Å². The van der Waals surface area contributed by atoms with Crippen molar-refractivity contribution in [2.45, 2.75) is 40.2 Å². The maximum Gasteiger partial charge on any atom is 0.00387 e. The Morgan fingerprint density at radius 2 is 1.85 bits per heavy atom. The lowest BCUT2D eigenvalue weighted by atomic mass is 10.1. The van der Waals surface area contributed by atoms with Crippen molar-refractivity contribution >= 4 is 0 Å². The van der Waals surface area contributed by atoms with E-state index in [1.165, 1.54) is 19.5 Å². The average molecular weight is 186 g/mol. The summed E-state index contributed by atoms with van der Waals surface area (Å²) in [5.74, 6) is 0.749. The lowest BCUT2D eigenvalue weighted by molar-refractivity contribution is 0.192. The van der Waals surface area contributed by atoms with E-state index in [9.17, 15) is 0 Å². The molecule has 0 saturated heterocycles. The van der Waals surface area contributed by atoms with Gasteiger partial charge in [0.1, 0.15) is 0 Å². The van der Waals surface area contributed by atoms with Gasteiger partial charge in [0.15, 0.2) is 0 Å². The smallest absolute Gasteiger partial charge is 0.00387 e. The van der Waals surface area contributed by atoms with Crippen LogP contribution in [-0.4, -0.2) is 37.6 Å². The second-order valence-corrected chi connectivity index (χ2v) is 4.25. The minimum atomic E-state index is 0.680. The maximum atomic E-state index is 3.23. The van der Waals surface area contributed by atoms with Crippen LogP contribution in [0.1, 0.15) is 34.1 Å². The van der Waals surface area contributed by atoms with E-state index >= 15 is 0 Å². The molecule has 0 aromatic rings. The summed E-state index contributed by atoms with van der Waals surface area (Å²) in [6.07, 6.45) is 1.25. The van der Waals surface area contributed by atoms with Crippen molar-refractivity contribution in [1.29, 1.82) is 0 Å². The van der Waals surface area contributed by atoms with Crippen molar-refractivity contribution in [3.8, 4) is 0 Å². The van der Waals surface area contributed by atoms with Crippen LogP contribution >= 0.6 is 0 Å². The van der Waals surface area contributed by atoms with E-state index < -0.39 is 0 Å². The van der Waals surface area contributed by atoms with Crippen LogP contribution < -0.4 is 5.32 Å². The molecule has 0 aromatic carbocycles. The molecular formula is C11H26N2. The minimum Gasteiger partial charge on any atom is -0.319 e. The lowest BCUT2D eigenvalue weighted by Gasteiger charge is -2.28. The molecule has 0 bridgehead atoms. The SMILES string of the molecule is CCCN(CC(C)CNC)C(C)C. The van der Waals surface area contributed by atoms with Crippen LogP contribution in [0.2, 0.25) is 0 Å². The highest BCUT2D eigenvalue weighted by molar-refractivity contribution is 4.67. The Kier molecular flexibility index (Phi) is 7.29. The molecule has 1 atom stereocenters. The topological polar surface area (TPSA) is 15.3 Å². The highest BCUT2D eigenvalue weighted by atomic mass is 15.1. The highest BCUT2D eigenvalue weighted by Crippen LogP contribution is 2.04. The molecule has 1 N–H and O–H groups in total. The van der Waals surface area contributed by atoms with E-state index in [0.717, 1.165) is 12.5 Å². The fraction of sp³-hybridized carbons (Fsp3) is 1.00. The Morgan fingerprint density at radius 3 is 2.23 bits per heavy atom. The number of hydrogen-bond acceptors (Lipinski definition) is 2. The van der Waals surface area contributed by atoms with Gasteiger partial charge < -0.3 is 10.2 Å². The van der Waals surface area contributed by atoms with E-state index in [0.29, 0.717) is 6.04 Å². The van der Waals surface area contributed by atoms with Gasteiger partial charge in [-0.15, -0.1) is 0 Å². The molecule has 0 aliphatic carbocycles. The van der Waals surface area contributed by atoms with Crippen molar-refractivity contribution in [1.82, 2.24) is 10.2 Å². The molecule has 0 rings (SSSR count). The zero-order chi connectivity index (χ0) is 10.3. The standard InChI is InChI=1S/C11H26N2/c1-6-7-13(10(2)3)9-11(4)8-12-5/h10-12H,6-9H2,1-5H3. The second kappa shape index (κ2) is 7.34. The molecule has 0 radical (unpaired) electrons. The molecule has 0 saturated carbocycles. The molecule has 0 heterocycles. The van der Waals surface area contributed by atoms with Crippen LogP contribution in [0.15, 0.2) is 0 Å². The van der Waals surface area contributed by atoms with Gasteiger partial charge >= 0.3 is 0 Å². The summed E-state index contributed by atoms with van der Waals surface area (Å²) in [5, 5.41) is 3.23. The average Bonchev–Trinajstić information content (AvgIpc) is 2.04. The molecule has 13 heavy (non-hydrogen) atoms. The Hall–Kier alpha value is -0.0800. The van der Waals surface area contributed by atoms with Gasteiger partial charge in [0.05, 0.1) is 0 Å². The fourth-order valence-corrected chi connectivity index (χ4v) is 1.66. The highest BCUT2D eigenvalue weighted by Gasteiger charge is 2.11. The van der Waals surface area contributed by atoms with Crippen LogP contribution in [0.4, 0.5) is 0 Å². The van der Waals surface area contributed by atoms with Crippen molar-refractivity contribution < 1.29 is 0 Å². The first-order valence-corrected chi connectivity index (χ1v) is 5.50. The molecule has 0 aliphatic heterocycles. The van der Waals surface area contributed by atoms with Gasteiger partial charge in [0.25, 0.3) is 0 Å². The molecule has 0 spiro atoms. The Balaban J connectivity index is 3.79. The summed E-state index contributed by atoms with van der Waals surface area (Å²) >= 11 is 0. The summed E-state index contributed by atoms with van der Waals surface area (Å²) < 4.78 is 0. The summed E-state index contributed by atoms with van der Waals surface area (Å²) in [6, 6.07) is 0.680. The largest absolute Gasteiger partial charge is 0.319 e. The predicted molar refractivity (Wildman–Crippen MR) is 60.1 cm³/mol. The summed E-state index contributed by atoms with van der Waals surface area (Å²) in [5.41, 5.74) is 0. The molecule has 0 aliphatic rings. The third-order valence-corrected chi connectivity index (χ3v) is 2.34. The number of rotatable bonds is 7. The first-order valence-electron chi connectivity index (χ1n) is 5.50. The number of hydrogen-bond donors (Lipinski definition) is 1. The van der Waals surface area contributed by atoms with Gasteiger partial charge in [0, 0.05) is 12.6 Å². The zero-order valence-electron chi connectivity index (χ0n) is 9.93. The molecular weight excluding hydrogens is 160 g/mol. The van der Waals surface area contributed by atoms with Gasteiger partial charge in [-0.3, -0.25) is 0 Å². The molecule has 80 valence electrons. The van der Waals surface area contributed by atoms with E-state index in [-0.39, 0.29) is 0 Å². The maximum absolute atomic E-state index is 3.23. The van der Waals surface area contributed by atoms with Gasteiger partial charge in [0.2, 0.25) is 0 Å². The van der Waals surface area contributed by atoms with E-state index in [1.807, 2.05) is 7.05 Å². The predicted octanol–water partition coefficient (Wildman–Crippen LogP) is 1.96. The molecule has 0 fully saturated rings. The Morgan fingerprint density at radius 1 is 1.23 bits per heavy atom. The molecule has 2 nitrogen and oxygen atoms in total. The van der Waals surface area contributed by atoms with Crippen LogP contribution in [-0.2, 0) is 0 Å². The van der Waals surface area contributed by atoms with Crippen LogP contribution in [0.25, 0.3) is 0 Å². The van der Waals surface area contributed by atoms with Crippen LogP contribution in [0.5, 0.6) is 0 Å². The quantitative estimate of drug-likeness (QED) is 0.654. The first-order chi connectivity index (χ1) is 6.11. The normalized spacial score (nSPS) is 14.1. The van der Waals surface area contributed by atoms with Gasteiger partial charge in [-0.1, -0.05) is 13.8 Å². The molecule has 0 amide bonds. The minimum absolute atomic E-state index is 0.680. The van der Waals surface area contributed by atoms with Crippen LogP contribution in [0.3, 0.4) is 0 Å². The van der Waals surface area contributed by atoms with Crippen molar-refractivity contribution in [3.05, 3.63) is 0 Å². The van der Waals surface area contributed by atoms with Gasteiger partial charge in [-0.2, -0.15) is 0 Å². The monoisotopic (exact) mass is 186 g/mol. The third kappa shape index (κ3) is 6.05. The van der Waals surface area contributed by atoms with E-state index in [4.69, 9.17) is 0 Å². The third-order valence-electron chi connectivity index (χ3n) is 2.34. The number of nitrogens with zero attached hydrogens (tertiary/aromatic N) is 1. The zero-order valence-corrected chi connectivity index (χ0v) is 9.93. The van der Waals surface area contributed by atoms with E-state index in [2.05, 4.69) is 37.9 Å². The second-order valence-electron chi connectivity index (χ2n) is 4.25.